The minimum absolute atomic E-state index is 0.678. The van der Waals surface area contributed by atoms with E-state index in [1.807, 2.05) is 18.2 Å². The largest absolute Gasteiger partial charge is 0.436 e. The van der Waals surface area contributed by atoms with Gasteiger partial charge < -0.3 is 10.2 Å². The number of aryl methyl sites for hydroxylation is 2. The van der Waals surface area contributed by atoms with Crippen molar-refractivity contribution < 1.29 is 4.42 Å². The molecule has 2 heterocycles. The average molecular weight is 270 g/mol. The number of rotatable bonds is 1. The lowest BCUT2D eigenvalue weighted by Gasteiger charge is -1.97. The molecule has 1 aliphatic rings. The third-order valence-corrected chi connectivity index (χ3v) is 4.83. The number of benzene rings is 1. The van der Waals surface area contributed by atoms with Crippen molar-refractivity contribution in [1.82, 2.24) is 4.98 Å². The van der Waals surface area contributed by atoms with Crippen molar-refractivity contribution >= 4 is 27.4 Å². The Labute approximate surface area is 115 Å². The van der Waals surface area contributed by atoms with Crippen LogP contribution in [0.1, 0.15) is 22.4 Å². The van der Waals surface area contributed by atoms with Gasteiger partial charge in [0.2, 0.25) is 5.89 Å². The maximum Gasteiger partial charge on any atom is 0.230 e. The van der Waals surface area contributed by atoms with E-state index >= 15 is 0 Å². The zero-order valence-corrected chi connectivity index (χ0v) is 11.5. The summed E-state index contributed by atoms with van der Waals surface area (Å²) in [6, 6.07) is 6.06. The zero-order valence-electron chi connectivity index (χ0n) is 10.7. The number of hydrogen-bond donors (Lipinski definition) is 1. The zero-order chi connectivity index (χ0) is 13.0. The molecule has 3 nitrogen and oxygen atoms in total. The fraction of sp³-hybridized carbons (Fsp3) is 0.267. The minimum Gasteiger partial charge on any atom is -0.436 e. The highest BCUT2D eigenvalue weighted by atomic mass is 32.1. The van der Waals surface area contributed by atoms with Crippen molar-refractivity contribution in [3.05, 3.63) is 34.2 Å². The Morgan fingerprint density at radius 1 is 1.32 bits per heavy atom. The van der Waals surface area contributed by atoms with E-state index < -0.39 is 0 Å². The lowest BCUT2D eigenvalue weighted by atomic mass is 10.1. The van der Waals surface area contributed by atoms with E-state index in [0.29, 0.717) is 5.89 Å². The van der Waals surface area contributed by atoms with Crippen molar-refractivity contribution in [1.29, 1.82) is 0 Å². The molecule has 0 amide bonds. The summed E-state index contributed by atoms with van der Waals surface area (Å²) in [7, 11) is 0. The second-order valence-electron chi connectivity index (χ2n) is 5.09. The van der Waals surface area contributed by atoms with Gasteiger partial charge in [-0.15, -0.1) is 11.3 Å². The summed E-state index contributed by atoms with van der Waals surface area (Å²) >= 11 is 1.69. The van der Waals surface area contributed by atoms with E-state index in [1.54, 1.807) is 11.3 Å². The molecule has 0 unspecified atom stereocenters. The normalized spacial score (nSPS) is 14.2. The van der Waals surface area contributed by atoms with E-state index in [4.69, 9.17) is 10.2 Å². The van der Waals surface area contributed by atoms with Gasteiger partial charge in [-0.25, -0.2) is 4.98 Å². The van der Waals surface area contributed by atoms with Gasteiger partial charge in [0.05, 0.1) is 10.6 Å². The number of fused-ring (bicyclic) bond motifs is 2. The highest BCUT2D eigenvalue weighted by Gasteiger charge is 2.24. The first kappa shape index (κ1) is 11.1. The first-order chi connectivity index (χ1) is 9.22. The van der Waals surface area contributed by atoms with E-state index in [-0.39, 0.29) is 0 Å². The molecule has 0 aliphatic heterocycles. The maximum atomic E-state index is 6.15. The molecular formula is C15H14N2OS. The van der Waals surface area contributed by atoms with Gasteiger partial charge in [-0.05, 0) is 49.4 Å². The van der Waals surface area contributed by atoms with Crippen LogP contribution in [-0.4, -0.2) is 4.98 Å². The number of oxazole rings is 1. The number of hydrogen-bond acceptors (Lipinski definition) is 4. The summed E-state index contributed by atoms with van der Waals surface area (Å²) < 4.78 is 5.89. The number of aromatic nitrogens is 1. The van der Waals surface area contributed by atoms with Crippen LogP contribution >= 0.6 is 11.3 Å². The molecule has 0 radical (unpaired) electrons. The predicted octanol–water partition coefficient (Wildman–Crippen LogP) is 3.94. The van der Waals surface area contributed by atoms with Crippen molar-refractivity contribution in [2.75, 3.05) is 5.73 Å². The number of nitrogen functional groups attached to an aromatic ring is 1. The van der Waals surface area contributed by atoms with Gasteiger partial charge in [-0.3, -0.25) is 0 Å². The molecular weight excluding hydrogens is 256 g/mol. The van der Waals surface area contributed by atoms with Crippen LogP contribution in [0.3, 0.4) is 0 Å². The van der Waals surface area contributed by atoms with Gasteiger partial charge in [0.25, 0.3) is 0 Å². The molecule has 2 N–H and O–H groups in total. The summed E-state index contributed by atoms with van der Waals surface area (Å²) in [4.78, 5) is 6.02. The molecule has 0 spiro atoms. The predicted molar refractivity (Wildman–Crippen MR) is 78.5 cm³/mol. The smallest absolute Gasteiger partial charge is 0.230 e. The summed E-state index contributed by atoms with van der Waals surface area (Å²) in [5, 5.41) is 0.841. The lowest BCUT2D eigenvalue weighted by Crippen LogP contribution is -1.88. The first-order valence-corrected chi connectivity index (χ1v) is 7.31. The highest BCUT2D eigenvalue weighted by Crippen LogP contribution is 2.43. The number of anilines is 1. The van der Waals surface area contributed by atoms with Crippen LogP contribution in [0.4, 0.5) is 5.00 Å². The molecule has 3 aromatic rings. The lowest BCUT2D eigenvalue weighted by molar-refractivity contribution is 0.619. The molecule has 0 saturated carbocycles. The second-order valence-corrected chi connectivity index (χ2v) is 6.22. The fourth-order valence-corrected chi connectivity index (χ4v) is 3.96. The topological polar surface area (TPSA) is 52.0 Å². The molecule has 0 saturated heterocycles. The quantitative estimate of drug-likeness (QED) is 0.728. The Morgan fingerprint density at radius 2 is 2.21 bits per heavy atom. The molecule has 1 aromatic carbocycles. The fourth-order valence-electron chi connectivity index (χ4n) is 2.80. The van der Waals surface area contributed by atoms with Crippen LogP contribution in [-0.2, 0) is 12.8 Å². The Bertz CT molecular complexity index is 785. The van der Waals surface area contributed by atoms with E-state index in [0.717, 1.165) is 34.5 Å². The molecule has 0 atom stereocenters. The van der Waals surface area contributed by atoms with Crippen molar-refractivity contribution in [3.8, 4) is 11.5 Å². The standard InChI is InChI=1S/C15H14N2OS/c1-8-5-6-11-10(7-8)17-15(18-11)13-9-3-2-4-12(9)19-14(13)16/h5-7H,2-4,16H2,1H3. The Hall–Kier alpha value is -1.81. The van der Waals surface area contributed by atoms with Gasteiger partial charge in [-0.1, -0.05) is 6.07 Å². The van der Waals surface area contributed by atoms with E-state index in [2.05, 4.69) is 11.9 Å². The van der Waals surface area contributed by atoms with Crippen LogP contribution in [0.5, 0.6) is 0 Å². The summed E-state index contributed by atoms with van der Waals surface area (Å²) in [5.74, 6) is 0.678. The van der Waals surface area contributed by atoms with Gasteiger partial charge >= 0.3 is 0 Å². The molecule has 2 aromatic heterocycles. The van der Waals surface area contributed by atoms with Gasteiger partial charge in [0, 0.05) is 4.88 Å². The van der Waals surface area contributed by atoms with Crippen LogP contribution in [0.2, 0.25) is 0 Å². The van der Waals surface area contributed by atoms with Crippen LogP contribution in [0.25, 0.3) is 22.6 Å². The Kier molecular flexibility index (Phi) is 2.23. The third kappa shape index (κ3) is 1.60. The van der Waals surface area contributed by atoms with Crippen LogP contribution in [0, 0.1) is 6.92 Å². The Morgan fingerprint density at radius 3 is 3.11 bits per heavy atom. The Balaban J connectivity index is 1.95. The maximum absolute atomic E-state index is 6.15. The van der Waals surface area contributed by atoms with E-state index in [9.17, 15) is 0 Å². The first-order valence-electron chi connectivity index (χ1n) is 6.50. The molecule has 4 heteroatoms. The van der Waals surface area contributed by atoms with Gasteiger partial charge in [0.1, 0.15) is 5.52 Å². The van der Waals surface area contributed by atoms with Gasteiger partial charge in [-0.2, -0.15) is 0 Å². The van der Waals surface area contributed by atoms with Crippen molar-refractivity contribution in [2.45, 2.75) is 26.2 Å². The molecule has 4 rings (SSSR count). The van der Waals surface area contributed by atoms with Crippen molar-refractivity contribution in [3.63, 3.8) is 0 Å². The number of thiophene rings is 1. The number of nitrogens with zero attached hydrogens (tertiary/aromatic N) is 1. The number of nitrogens with two attached hydrogens (primary N) is 1. The van der Waals surface area contributed by atoms with Gasteiger partial charge in [0.15, 0.2) is 5.58 Å². The average Bonchev–Trinajstić information content (AvgIpc) is 3.01. The van der Waals surface area contributed by atoms with E-state index in [1.165, 1.54) is 22.4 Å². The summed E-state index contributed by atoms with van der Waals surface area (Å²) in [5.41, 5.74) is 11.5. The third-order valence-electron chi connectivity index (χ3n) is 3.71. The molecule has 0 bridgehead atoms. The van der Waals surface area contributed by atoms with Crippen LogP contribution in [0.15, 0.2) is 22.6 Å². The minimum atomic E-state index is 0.678. The summed E-state index contributed by atoms with van der Waals surface area (Å²) in [6.07, 6.45) is 3.45. The molecule has 1 aliphatic carbocycles. The molecule has 0 fully saturated rings. The van der Waals surface area contributed by atoms with Crippen molar-refractivity contribution in [2.24, 2.45) is 0 Å². The molecule has 19 heavy (non-hydrogen) atoms. The summed E-state index contributed by atoms with van der Waals surface area (Å²) in [6.45, 7) is 2.06. The highest BCUT2D eigenvalue weighted by molar-refractivity contribution is 7.16. The second kappa shape index (κ2) is 3.84. The monoisotopic (exact) mass is 270 g/mol. The van der Waals surface area contributed by atoms with Crippen LogP contribution < -0.4 is 5.73 Å². The SMILES string of the molecule is Cc1ccc2oc(-c3c(N)sc4c3CCC4)nc2c1. The molecule has 96 valence electrons.